The fraction of sp³-hybridized carbons (Fsp3) is 1.00. The van der Waals surface area contributed by atoms with Gasteiger partial charge in [0, 0.05) is 21.9 Å². The fourth-order valence-electron chi connectivity index (χ4n) is 0.632. The molecule has 0 bridgehead atoms. The topological polar surface area (TPSA) is 33.3 Å². The first-order chi connectivity index (χ1) is 4.77. The van der Waals surface area contributed by atoms with Crippen molar-refractivity contribution in [2.45, 2.75) is 13.1 Å². The molecular formula is C6H18N2OSi. The molecule has 0 unspecified atom stereocenters. The third kappa shape index (κ3) is 8.10. The van der Waals surface area contributed by atoms with Gasteiger partial charge in [0.1, 0.15) is 0 Å². The van der Waals surface area contributed by atoms with E-state index in [0.29, 0.717) is 0 Å². The van der Waals surface area contributed by atoms with Crippen LogP contribution in [0.15, 0.2) is 0 Å². The van der Waals surface area contributed by atoms with E-state index in [4.69, 9.17) is 0 Å². The lowest BCUT2D eigenvalue weighted by Crippen LogP contribution is -2.32. The van der Waals surface area contributed by atoms with Crippen LogP contribution in [0.2, 0.25) is 13.1 Å². The summed E-state index contributed by atoms with van der Waals surface area (Å²) in [6, 6.07) is 0. The van der Waals surface area contributed by atoms with Gasteiger partial charge >= 0.3 is 0 Å². The van der Waals surface area contributed by atoms with Crippen molar-refractivity contribution in [2.75, 3.05) is 26.4 Å². The summed E-state index contributed by atoms with van der Waals surface area (Å²) in [5.74, 6) is 0. The van der Waals surface area contributed by atoms with Crippen LogP contribution in [0.3, 0.4) is 0 Å². The third-order valence-electron chi connectivity index (χ3n) is 1.10. The molecule has 0 saturated carbocycles. The number of hydrogen-bond donors (Lipinski definition) is 2. The van der Waals surface area contributed by atoms with Crippen molar-refractivity contribution in [3.63, 3.8) is 0 Å². The van der Waals surface area contributed by atoms with Crippen molar-refractivity contribution < 1.29 is 4.84 Å². The maximum atomic E-state index is 4.67. The molecule has 0 aromatic carbocycles. The van der Waals surface area contributed by atoms with Gasteiger partial charge in [-0.15, -0.1) is 0 Å². The van der Waals surface area contributed by atoms with Gasteiger partial charge < -0.3 is 10.2 Å². The summed E-state index contributed by atoms with van der Waals surface area (Å²) in [7, 11) is 1.23. The van der Waals surface area contributed by atoms with E-state index in [0.717, 1.165) is 13.1 Å². The van der Waals surface area contributed by atoms with Crippen LogP contribution in [-0.4, -0.2) is 35.2 Å². The maximum Gasteiger partial charge on any atom is 0.0572 e. The van der Waals surface area contributed by atoms with Crippen LogP contribution in [0.5, 0.6) is 0 Å². The van der Waals surface area contributed by atoms with Crippen molar-refractivity contribution >= 4 is 8.80 Å². The second-order valence-corrected chi connectivity index (χ2v) is 5.89. The van der Waals surface area contributed by atoms with E-state index in [-0.39, 0.29) is 0 Å². The first kappa shape index (κ1) is 10.1. The Morgan fingerprint density at radius 1 is 1.30 bits per heavy atom. The lowest BCUT2D eigenvalue weighted by molar-refractivity contribution is 0.0928. The Kier molecular flexibility index (Phi) is 7.28. The molecule has 0 amide bonds. The average molecular weight is 162 g/mol. The van der Waals surface area contributed by atoms with Crippen LogP contribution in [0.1, 0.15) is 0 Å². The van der Waals surface area contributed by atoms with Crippen LogP contribution >= 0.6 is 0 Å². The molecule has 0 aromatic rings. The second kappa shape index (κ2) is 7.21. The first-order valence-corrected chi connectivity index (χ1v) is 6.86. The van der Waals surface area contributed by atoms with Gasteiger partial charge in [-0.3, -0.25) is 0 Å². The molecule has 0 saturated heterocycles. The van der Waals surface area contributed by atoms with E-state index in [9.17, 15) is 0 Å². The van der Waals surface area contributed by atoms with Gasteiger partial charge in [-0.05, 0) is 6.17 Å². The van der Waals surface area contributed by atoms with E-state index in [2.05, 4.69) is 28.7 Å². The van der Waals surface area contributed by atoms with E-state index in [1.165, 1.54) is 6.17 Å². The van der Waals surface area contributed by atoms with E-state index in [1.807, 2.05) is 0 Å². The van der Waals surface area contributed by atoms with Crippen molar-refractivity contribution in [2.24, 2.45) is 0 Å². The van der Waals surface area contributed by atoms with Gasteiger partial charge in [0.05, 0.1) is 7.11 Å². The molecule has 0 heterocycles. The van der Waals surface area contributed by atoms with Gasteiger partial charge in [-0.25, -0.2) is 5.48 Å². The first-order valence-electron chi connectivity index (χ1n) is 3.74. The molecule has 3 nitrogen and oxygen atoms in total. The highest BCUT2D eigenvalue weighted by molar-refractivity contribution is 6.55. The summed E-state index contributed by atoms with van der Waals surface area (Å²) >= 11 is 0. The summed E-state index contributed by atoms with van der Waals surface area (Å²) in [5, 5.41) is 3.34. The molecule has 0 rings (SSSR count). The minimum Gasteiger partial charge on any atom is -0.318 e. The Hall–Kier alpha value is 0.0969. The lowest BCUT2D eigenvalue weighted by Gasteiger charge is -2.05. The largest absolute Gasteiger partial charge is 0.318 e. The molecule has 2 N–H and O–H groups in total. The van der Waals surface area contributed by atoms with Crippen molar-refractivity contribution in [1.82, 2.24) is 10.8 Å². The molecule has 4 heteroatoms. The molecule has 0 aliphatic carbocycles. The standard InChI is InChI=1S/C6H18N2OSi/c1-9-8-5-4-7-6-10(2)3/h7-8,10H,4-6H2,1-3H3. The van der Waals surface area contributed by atoms with E-state index in [1.54, 1.807) is 7.11 Å². The molecule has 10 heavy (non-hydrogen) atoms. The normalized spacial score (nSPS) is 10.8. The highest BCUT2D eigenvalue weighted by atomic mass is 28.3. The minimum atomic E-state index is -0.402. The van der Waals surface area contributed by atoms with Crippen LogP contribution < -0.4 is 10.8 Å². The predicted molar refractivity (Wildman–Crippen MR) is 46.8 cm³/mol. The molecule has 0 radical (unpaired) electrons. The maximum absolute atomic E-state index is 4.67. The smallest absolute Gasteiger partial charge is 0.0572 e. The summed E-state index contributed by atoms with van der Waals surface area (Å²) < 4.78 is 0. The Morgan fingerprint density at radius 2 is 2.00 bits per heavy atom. The molecule has 0 aliphatic heterocycles. The number of hydrogen-bond acceptors (Lipinski definition) is 3. The highest BCUT2D eigenvalue weighted by Gasteiger charge is 1.92. The third-order valence-corrected chi connectivity index (χ3v) is 2.21. The zero-order valence-corrected chi connectivity index (χ0v) is 8.26. The van der Waals surface area contributed by atoms with Crippen LogP contribution in [-0.2, 0) is 4.84 Å². The van der Waals surface area contributed by atoms with Gasteiger partial charge in [-0.2, -0.15) is 0 Å². The summed E-state index contributed by atoms with van der Waals surface area (Å²) in [6.07, 6.45) is 1.21. The minimum absolute atomic E-state index is 0.402. The van der Waals surface area contributed by atoms with Crippen LogP contribution in [0.4, 0.5) is 0 Å². The van der Waals surface area contributed by atoms with E-state index < -0.39 is 8.80 Å². The second-order valence-electron chi connectivity index (χ2n) is 2.70. The Bertz CT molecular complexity index is 70.8. The molecule has 0 atom stereocenters. The SMILES string of the molecule is CONCCNC[SiH](C)C. The van der Waals surface area contributed by atoms with Crippen molar-refractivity contribution in [1.29, 1.82) is 0 Å². The number of nitrogens with one attached hydrogen (secondary N) is 2. The number of hydroxylamine groups is 1. The van der Waals surface area contributed by atoms with Gasteiger partial charge in [0.25, 0.3) is 0 Å². The number of rotatable bonds is 6. The van der Waals surface area contributed by atoms with Gasteiger partial charge in [0.15, 0.2) is 0 Å². The quantitative estimate of drug-likeness (QED) is 0.321. The molecule has 0 fully saturated rings. The Balaban J connectivity index is 2.77. The highest BCUT2D eigenvalue weighted by Crippen LogP contribution is 1.73. The van der Waals surface area contributed by atoms with Crippen LogP contribution in [0, 0.1) is 0 Å². The summed E-state index contributed by atoms with van der Waals surface area (Å²) in [4.78, 5) is 4.67. The molecular weight excluding hydrogens is 144 g/mol. The average Bonchev–Trinajstić information content (AvgIpc) is 1.87. The molecule has 62 valence electrons. The summed E-state index contributed by atoms with van der Waals surface area (Å²) in [6.45, 7) is 6.55. The Morgan fingerprint density at radius 3 is 2.50 bits per heavy atom. The molecule has 0 aliphatic rings. The van der Waals surface area contributed by atoms with Gasteiger partial charge in [0.2, 0.25) is 0 Å². The zero-order valence-electron chi connectivity index (χ0n) is 7.11. The molecule has 0 aromatic heterocycles. The monoisotopic (exact) mass is 162 g/mol. The fourth-order valence-corrected chi connectivity index (χ4v) is 1.41. The molecule has 0 spiro atoms. The van der Waals surface area contributed by atoms with E-state index >= 15 is 0 Å². The predicted octanol–water partition coefficient (Wildman–Crippen LogP) is -0.247. The van der Waals surface area contributed by atoms with Crippen molar-refractivity contribution in [3.8, 4) is 0 Å². The lowest BCUT2D eigenvalue weighted by atomic mass is 10.7. The van der Waals surface area contributed by atoms with Gasteiger partial charge in [-0.1, -0.05) is 13.1 Å². The van der Waals surface area contributed by atoms with Crippen LogP contribution in [0.25, 0.3) is 0 Å². The van der Waals surface area contributed by atoms with Crippen molar-refractivity contribution in [3.05, 3.63) is 0 Å². The summed E-state index contributed by atoms with van der Waals surface area (Å²) in [5.41, 5.74) is 2.77. The zero-order chi connectivity index (χ0) is 7.82. The Labute approximate surface area is 64.7 Å².